The molecule has 0 spiro atoms. The summed E-state index contributed by atoms with van der Waals surface area (Å²) in [7, 11) is 3.19. The highest BCUT2D eigenvalue weighted by molar-refractivity contribution is 6.00. The molecule has 0 saturated carbocycles. The number of hydrogen-bond donors (Lipinski definition) is 0. The molecule has 3 heterocycles. The number of rotatable bonds is 3. The summed E-state index contributed by atoms with van der Waals surface area (Å²) in [4.78, 5) is 22.0. The second kappa shape index (κ2) is 6.58. The van der Waals surface area contributed by atoms with E-state index in [0.29, 0.717) is 53.0 Å². The number of aryl methyl sites for hydroxylation is 1. The van der Waals surface area contributed by atoms with Crippen LogP contribution in [-0.2, 0) is 4.79 Å². The number of carbonyl (C=O) groups excluding carboxylic acids is 1. The number of nitrogens with zero attached hydrogens (tertiary/aromatic N) is 4. The smallest absolute Gasteiger partial charge is 0.228 e. The van der Waals surface area contributed by atoms with Crippen LogP contribution in [0.5, 0.6) is 17.4 Å². The SMILES string of the molecule is COc1ccc(C2C3=C(CCCC3=O)Oc3ncn4nc(C)nc4c32)cc1OC. The summed E-state index contributed by atoms with van der Waals surface area (Å²) in [5, 5.41) is 4.38. The number of ketones is 1. The van der Waals surface area contributed by atoms with Crippen LogP contribution in [0.25, 0.3) is 5.65 Å². The lowest BCUT2D eigenvalue weighted by Gasteiger charge is -2.32. The number of ether oxygens (including phenoxy) is 3. The zero-order chi connectivity index (χ0) is 20.1. The number of allylic oxidation sites excluding steroid dienone is 2. The molecule has 0 saturated heterocycles. The van der Waals surface area contributed by atoms with Gasteiger partial charge in [0.15, 0.2) is 22.9 Å². The third-order valence-electron chi connectivity index (χ3n) is 5.44. The largest absolute Gasteiger partial charge is 0.493 e. The van der Waals surface area contributed by atoms with Crippen LogP contribution in [0.15, 0.2) is 35.9 Å². The predicted molar refractivity (Wildman–Crippen MR) is 103 cm³/mol. The highest BCUT2D eigenvalue weighted by Crippen LogP contribution is 2.48. The van der Waals surface area contributed by atoms with Gasteiger partial charge in [0.2, 0.25) is 5.88 Å². The molecular formula is C21H20N4O4. The van der Waals surface area contributed by atoms with Crippen molar-refractivity contribution in [3.8, 4) is 17.4 Å². The van der Waals surface area contributed by atoms with Gasteiger partial charge in [-0.3, -0.25) is 4.79 Å². The van der Waals surface area contributed by atoms with Gasteiger partial charge in [-0.1, -0.05) is 6.07 Å². The number of methoxy groups -OCH3 is 2. The molecule has 8 nitrogen and oxygen atoms in total. The van der Waals surface area contributed by atoms with Crippen molar-refractivity contribution in [2.45, 2.75) is 32.1 Å². The van der Waals surface area contributed by atoms with E-state index in [1.54, 1.807) is 25.1 Å². The van der Waals surface area contributed by atoms with Gasteiger partial charge >= 0.3 is 0 Å². The number of fused-ring (bicyclic) bond motifs is 3. The number of carbonyl (C=O) groups is 1. The van der Waals surface area contributed by atoms with Crippen LogP contribution in [0.3, 0.4) is 0 Å². The molecular weight excluding hydrogens is 372 g/mol. The zero-order valence-corrected chi connectivity index (χ0v) is 16.4. The first-order chi connectivity index (χ1) is 14.1. The topological polar surface area (TPSA) is 87.8 Å². The van der Waals surface area contributed by atoms with Gasteiger partial charge in [0, 0.05) is 18.4 Å². The van der Waals surface area contributed by atoms with Crippen LogP contribution in [0.2, 0.25) is 0 Å². The maximum Gasteiger partial charge on any atom is 0.228 e. The maximum atomic E-state index is 13.0. The standard InChI is InChI=1S/C21H20N4O4/c1-11-23-20-19-17(12-7-8-14(27-2)16(9-12)28-3)18-13(26)5-4-6-15(18)29-21(19)22-10-25(20)24-11/h7-10,17H,4-6H2,1-3H3. The Labute approximate surface area is 167 Å². The first kappa shape index (κ1) is 17.7. The Morgan fingerprint density at radius 1 is 1.17 bits per heavy atom. The van der Waals surface area contributed by atoms with Crippen LogP contribution in [-0.4, -0.2) is 39.6 Å². The molecule has 29 heavy (non-hydrogen) atoms. The molecule has 2 aliphatic rings. The Morgan fingerprint density at radius 3 is 2.79 bits per heavy atom. The summed E-state index contributed by atoms with van der Waals surface area (Å²) in [6.45, 7) is 1.82. The number of hydrogen-bond acceptors (Lipinski definition) is 7. The van der Waals surface area contributed by atoms with Crippen molar-refractivity contribution in [3.05, 3.63) is 52.8 Å². The van der Waals surface area contributed by atoms with Gasteiger partial charge in [0.05, 0.1) is 25.7 Å². The van der Waals surface area contributed by atoms with Gasteiger partial charge in [-0.25, -0.2) is 14.5 Å². The molecule has 3 aromatic rings. The minimum atomic E-state index is -0.360. The lowest BCUT2D eigenvalue weighted by molar-refractivity contribution is -0.116. The molecule has 1 aliphatic heterocycles. The molecule has 1 aliphatic carbocycles. The Kier molecular flexibility index (Phi) is 4.01. The summed E-state index contributed by atoms with van der Waals surface area (Å²) in [6, 6.07) is 5.69. The maximum absolute atomic E-state index is 13.0. The molecule has 1 atom stereocenters. The van der Waals surface area contributed by atoms with Crippen molar-refractivity contribution >= 4 is 11.4 Å². The van der Waals surface area contributed by atoms with Crippen LogP contribution >= 0.6 is 0 Å². The first-order valence-electron chi connectivity index (χ1n) is 9.48. The van der Waals surface area contributed by atoms with Gasteiger partial charge in [0.1, 0.15) is 17.9 Å². The molecule has 1 aromatic carbocycles. The minimum absolute atomic E-state index is 0.0925. The molecule has 148 valence electrons. The Morgan fingerprint density at radius 2 is 2.00 bits per heavy atom. The lowest BCUT2D eigenvalue weighted by Crippen LogP contribution is -2.26. The van der Waals surface area contributed by atoms with Crippen LogP contribution in [0, 0.1) is 6.92 Å². The van der Waals surface area contributed by atoms with Gasteiger partial charge in [-0.15, -0.1) is 0 Å². The monoisotopic (exact) mass is 392 g/mol. The summed E-state index contributed by atoms with van der Waals surface area (Å²) in [5.74, 6) is 2.75. The fraction of sp³-hybridized carbons (Fsp3) is 0.333. The van der Waals surface area contributed by atoms with E-state index in [1.165, 1.54) is 0 Å². The van der Waals surface area contributed by atoms with E-state index in [9.17, 15) is 4.79 Å². The molecule has 1 unspecified atom stereocenters. The van der Waals surface area contributed by atoms with Crippen molar-refractivity contribution in [1.82, 2.24) is 19.6 Å². The van der Waals surface area contributed by atoms with Gasteiger partial charge in [0.25, 0.3) is 0 Å². The van der Waals surface area contributed by atoms with Crippen LogP contribution < -0.4 is 14.2 Å². The highest BCUT2D eigenvalue weighted by atomic mass is 16.5. The minimum Gasteiger partial charge on any atom is -0.493 e. The second-order valence-corrected chi connectivity index (χ2v) is 7.15. The molecule has 5 rings (SSSR count). The van der Waals surface area contributed by atoms with Crippen LogP contribution in [0.4, 0.5) is 0 Å². The fourth-order valence-corrected chi connectivity index (χ4v) is 4.19. The number of benzene rings is 1. The molecule has 0 N–H and O–H groups in total. The molecule has 8 heteroatoms. The Bertz CT molecular complexity index is 1180. The highest BCUT2D eigenvalue weighted by Gasteiger charge is 2.39. The van der Waals surface area contributed by atoms with Gasteiger partial charge < -0.3 is 14.2 Å². The average molecular weight is 392 g/mol. The number of aromatic nitrogens is 4. The Hall–Kier alpha value is -3.42. The predicted octanol–water partition coefficient (Wildman–Crippen LogP) is 2.98. The van der Waals surface area contributed by atoms with Crippen molar-refractivity contribution in [1.29, 1.82) is 0 Å². The fourth-order valence-electron chi connectivity index (χ4n) is 4.19. The normalized spacial score (nSPS) is 18.3. The molecule has 0 bridgehead atoms. The van der Waals surface area contributed by atoms with Crippen molar-refractivity contribution in [2.75, 3.05) is 14.2 Å². The zero-order valence-electron chi connectivity index (χ0n) is 16.4. The van der Waals surface area contributed by atoms with Crippen molar-refractivity contribution in [3.63, 3.8) is 0 Å². The summed E-state index contributed by atoms with van der Waals surface area (Å²) < 4.78 is 18.6. The average Bonchev–Trinajstić information content (AvgIpc) is 3.12. The van der Waals surface area contributed by atoms with E-state index in [4.69, 9.17) is 14.2 Å². The molecule has 2 aromatic heterocycles. The summed E-state index contributed by atoms with van der Waals surface area (Å²) in [5.41, 5.74) is 2.95. The lowest BCUT2D eigenvalue weighted by atomic mass is 9.78. The van der Waals surface area contributed by atoms with Gasteiger partial charge in [-0.2, -0.15) is 5.10 Å². The van der Waals surface area contributed by atoms with E-state index in [1.807, 2.05) is 25.1 Å². The first-order valence-corrected chi connectivity index (χ1v) is 9.48. The van der Waals surface area contributed by atoms with E-state index < -0.39 is 0 Å². The molecule has 0 fully saturated rings. The van der Waals surface area contributed by atoms with Crippen molar-refractivity contribution < 1.29 is 19.0 Å². The van der Waals surface area contributed by atoms with E-state index in [-0.39, 0.29) is 11.7 Å². The van der Waals surface area contributed by atoms with E-state index >= 15 is 0 Å². The third-order valence-corrected chi connectivity index (χ3v) is 5.44. The van der Waals surface area contributed by atoms with E-state index in [0.717, 1.165) is 17.5 Å². The van der Waals surface area contributed by atoms with E-state index in [2.05, 4.69) is 15.1 Å². The molecule has 0 radical (unpaired) electrons. The van der Waals surface area contributed by atoms with Crippen molar-refractivity contribution in [2.24, 2.45) is 0 Å². The quantitative estimate of drug-likeness (QED) is 0.677. The van der Waals surface area contributed by atoms with Gasteiger partial charge in [-0.05, 0) is 31.0 Å². The third kappa shape index (κ3) is 2.66. The number of Topliss-reactive ketones (excluding diaryl/α,β-unsaturated/α-hetero) is 1. The van der Waals surface area contributed by atoms with Crippen LogP contribution in [0.1, 0.15) is 42.1 Å². The summed E-state index contributed by atoms with van der Waals surface area (Å²) >= 11 is 0. The Balaban J connectivity index is 1.80. The second-order valence-electron chi connectivity index (χ2n) is 7.15. The molecule has 0 amide bonds. The summed E-state index contributed by atoms with van der Waals surface area (Å²) in [6.07, 6.45) is 3.58.